The Hall–Kier alpha value is -9.77. The Labute approximate surface area is 562 Å². The largest absolute Gasteiger partial charge is 0.456 e. The number of aliphatic hydroxyl groups is 1. The smallest absolute Gasteiger partial charge is 0.338 e. The zero-order valence-electron chi connectivity index (χ0n) is 54.0. The van der Waals surface area contributed by atoms with Crippen LogP contribution >= 0.6 is 0 Å². The molecule has 0 saturated carbocycles. The fourth-order valence-corrected chi connectivity index (χ4v) is 11.6. The van der Waals surface area contributed by atoms with Crippen LogP contribution in [0.2, 0.25) is 0 Å². The van der Waals surface area contributed by atoms with Crippen LogP contribution < -0.4 is 0 Å². The predicted molar refractivity (Wildman–Crippen MR) is 335 cm³/mol. The number of benzene rings is 6. The first-order valence-corrected chi connectivity index (χ1v) is 31.5. The molecular weight excluding hydrogens is 1280 g/mol. The minimum atomic E-state index is -2.13. The number of ether oxygens (including phenoxy) is 16. The molecule has 98 heavy (non-hydrogen) atoms. The van der Waals surface area contributed by atoms with Crippen LogP contribution in [0.25, 0.3) is 0 Å². The molecule has 4 aliphatic rings. The maximum Gasteiger partial charge on any atom is 0.338 e. The summed E-state index contributed by atoms with van der Waals surface area (Å²) in [4.78, 5) is 126. The summed E-state index contributed by atoms with van der Waals surface area (Å²) in [5.41, 5.74) is 0.0647. The van der Waals surface area contributed by atoms with Crippen molar-refractivity contribution in [1.29, 1.82) is 0 Å². The van der Waals surface area contributed by atoms with Crippen molar-refractivity contribution in [3.05, 3.63) is 215 Å². The second-order valence-corrected chi connectivity index (χ2v) is 23.3. The molecule has 4 heterocycles. The molecule has 20 atom stereocenters. The molecule has 1 N–H and O–H groups in total. The maximum absolute atomic E-state index is 14.9. The Morgan fingerprint density at radius 3 is 0.786 bits per heavy atom. The molecule has 0 spiro atoms. The molecule has 516 valence electrons. The highest BCUT2D eigenvalue weighted by Gasteiger charge is 2.61. The van der Waals surface area contributed by atoms with E-state index in [4.69, 9.17) is 75.8 Å². The number of carbonyl (C=O) groups is 9. The average Bonchev–Trinajstić information content (AvgIpc) is 0.762. The second kappa shape index (κ2) is 32.5. The van der Waals surface area contributed by atoms with Gasteiger partial charge in [0.05, 0.1) is 57.8 Å². The van der Waals surface area contributed by atoms with E-state index in [-0.39, 0.29) is 33.4 Å². The fraction of sp³-hybridized carbons (Fsp3) is 0.375. The van der Waals surface area contributed by atoms with Crippen LogP contribution in [0, 0.1) is 0 Å². The third-order valence-electron chi connectivity index (χ3n) is 16.2. The predicted octanol–water partition coefficient (Wildman–Crippen LogP) is 7.26. The first-order valence-electron chi connectivity index (χ1n) is 31.5. The summed E-state index contributed by atoms with van der Waals surface area (Å²) in [7, 11) is 0. The summed E-state index contributed by atoms with van der Waals surface area (Å²) in [6.07, 6.45) is -35.4. The molecule has 0 aliphatic carbocycles. The molecule has 4 fully saturated rings. The molecular formula is C72H72O26. The van der Waals surface area contributed by atoms with Crippen LogP contribution in [-0.4, -0.2) is 182 Å². The lowest BCUT2D eigenvalue weighted by molar-refractivity contribution is -0.392. The van der Waals surface area contributed by atoms with Crippen molar-refractivity contribution in [2.75, 3.05) is 0 Å². The second-order valence-electron chi connectivity index (χ2n) is 23.3. The molecule has 0 bridgehead atoms. The van der Waals surface area contributed by atoms with Gasteiger partial charge in [0.2, 0.25) is 0 Å². The fourth-order valence-electron chi connectivity index (χ4n) is 11.6. The number of hydrogen-bond acceptors (Lipinski definition) is 26. The van der Waals surface area contributed by atoms with Crippen molar-refractivity contribution in [3.8, 4) is 0 Å². The van der Waals surface area contributed by atoms with E-state index in [2.05, 4.69) is 0 Å². The summed E-state index contributed by atoms with van der Waals surface area (Å²) in [6.45, 7) is 8.90. The summed E-state index contributed by atoms with van der Waals surface area (Å²) in [5, 5.41) is 12.2. The number of rotatable bonds is 21. The Morgan fingerprint density at radius 2 is 0.459 bits per heavy atom. The van der Waals surface area contributed by atoms with Gasteiger partial charge in [0.25, 0.3) is 0 Å². The van der Waals surface area contributed by atoms with Crippen LogP contribution in [0.1, 0.15) is 111 Å². The van der Waals surface area contributed by atoms with E-state index in [1.54, 1.807) is 97.1 Å². The molecule has 10 rings (SSSR count). The van der Waals surface area contributed by atoms with Gasteiger partial charge in [0.15, 0.2) is 92.3 Å². The lowest BCUT2D eigenvalue weighted by Crippen LogP contribution is -2.68. The molecule has 26 nitrogen and oxygen atoms in total. The zero-order chi connectivity index (χ0) is 69.7. The quantitative estimate of drug-likeness (QED) is 0.0547. The number of carbonyl (C=O) groups excluding carboxylic acids is 9. The van der Waals surface area contributed by atoms with E-state index in [0.717, 1.165) is 20.8 Å². The van der Waals surface area contributed by atoms with Gasteiger partial charge in [-0.25, -0.2) is 28.8 Å². The Balaban J connectivity index is 1.14. The first kappa shape index (κ1) is 71.0. The zero-order valence-corrected chi connectivity index (χ0v) is 54.0. The number of esters is 9. The minimum absolute atomic E-state index is 0.0230. The highest BCUT2D eigenvalue weighted by molar-refractivity contribution is 5.92. The van der Waals surface area contributed by atoms with Gasteiger partial charge < -0.3 is 80.9 Å². The Kier molecular flexibility index (Phi) is 23.6. The SMILES string of the molecule is CC(=O)O[C@H]1[C@H](OC(C)=O)[C@H](O[C@@H]2[C@@H](OC(=O)c3ccccc3)[C@H](C)O[C@@H](O[C@H]3[C@H](O[C@@H]4[C@H](OC(=O)c5ccccc5)[C@@H](OC(=O)c5ccccc5)[C@H](C)O[C@H]4O)O[C@@H](C)[C@H](OC(=O)c4ccccc4)[C@H]3OC(=O)c3ccccc3)[C@@H]2OC(=O)c2ccccc2)O[C@@H](C)[C@@H]1OC(C)=O. The summed E-state index contributed by atoms with van der Waals surface area (Å²) in [6, 6.07) is 46.1. The minimum Gasteiger partial charge on any atom is -0.456 e. The van der Waals surface area contributed by atoms with Crippen molar-refractivity contribution in [3.63, 3.8) is 0 Å². The van der Waals surface area contributed by atoms with Crippen molar-refractivity contribution in [2.24, 2.45) is 0 Å². The van der Waals surface area contributed by atoms with E-state index in [9.17, 15) is 48.3 Å². The highest BCUT2D eigenvalue weighted by atomic mass is 16.8. The van der Waals surface area contributed by atoms with E-state index in [1.165, 1.54) is 113 Å². The van der Waals surface area contributed by atoms with Gasteiger partial charge in [0.1, 0.15) is 6.10 Å². The van der Waals surface area contributed by atoms with Crippen LogP contribution in [0.15, 0.2) is 182 Å². The van der Waals surface area contributed by atoms with Gasteiger partial charge in [-0.3, -0.25) is 14.4 Å². The summed E-state index contributed by atoms with van der Waals surface area (Å²) in [5.74, 6) is -8.66. The topological polar surface area (TPSA) is 322 Å². The summed E-state index contributed by atoms with van der Waals surface area (Å²) >= 11 is 0. The van der Waals surface area contributed by atoms with E-state index in [0.29, 0.717) is 0 Å². The van der Waals surface area contributed by atoms with Crippen LogP contribution in [0.3, 0.4) is 0 Å². The molecule has 0 unspecified atom stereocenters. The third-order valence-corrected chi connectivity index (χ3v) is 16.2. The van der Waals surface area contributed by atoms with Gasteiger partial charge >= 0.3 is 53.7 Å². The molecule has 6 aromatic carbocycles. The molecule has 0 radical (unpaired) electrons. The van der Waals surface area contributed by atoms with Gasteiger partial charge in [-0.15, -0.1) is 0 Å². The van der Waals surface area contributed by atoms with E-state index >= 15 is 0 Å². The van der Waals surface area contributed by atoms with E-state index in [1.807, 2.05) is 0 Å². The van der Waals surface area contributed by atoms with Gasteiger partial charge in [-0.2, -0.15) is 0 Å². The first-order chi connectivity index (χ1) is 47.1. The van der Waals surface area contributed by atoms with Crippen molar-refractivity contribution < 1.29 is 124 Å². The Morgan fingerprint density at radius 1 is 0.255 bits per heavy atom. The molecule has 6 aromatic rings. The lowest BCUT2D eigenvalue weighted by atomic mass is 9.95. The maximum atomic E-state index is 14.9. The van der Waals surface area contributed by atoms with Gasteiger partial charge in [-0.05, 0) is 100 Å². The molecule has 0 amide bonds. The molecule has 0 aromatic heterocycles. The standard InChI is InChI=1S/C72H72O26/c1-38-52(90-63(76)45-26-14-8-15-27-45)55(93-66(79)48-32-20-11-21-33-48)59(69(82)83-38)97-72-62(57(94-67(80)49-34-22-12-23-35-49)53(40(3)86-72)91-64(77)46-28-16-9-17-29-46)98-71-61(95-68(81)50-36-24-13-25-37-50)58(54(41(4)85-71)92-65(78)47-30-18-10-19-31-47)96-70-60(89-44(7)75)56(88-43(6)74)51(39(2)84-70)87-42(5)73/h8-41,51-62,69-72,82H,1-7H3/t38-,39-,40-,41-,51-,52-,53-,54-,55+,56+,57+,58+,59+,60-,61+,62+,69+,70-,71-,72-/m0/s1. The normalized spacial score (nSPS) is 29.8. The monoisotopic (exact) mass is 1350 g/mol. The van der Waals surface area contributed by atoms with Crippen LogP contribution in [-0.2, 0) is 90.2 Å². The highest BCUT2D eigenvalue weighted by Crippen LogP contribution is 2.41. The summed E-state index contributed by atoms with van der Waals surface area (Å²) < 4.78 is 102. The van der Waals surface area contributed by atoms with Crippen molar-refractivity contribution in [2.45, 2.75) is 171 Å². The molecule has 4 aliphatic heterocycles. The molecule has 4 saturated heterocycles. The van der Waals surface area contributed by atoms with E-state index < -0.39 is 177 Å². The van der Waals surface area contributed by atoms with Crippen molar-refractivity contribution in [1.82, 2.24) is 0 Å². The van der Waals surface area contributed by atoms with Crippen molar-refractivity contribution >= 4 is 53.7 Å². The Bertz CT molecular complexity index is 3720. The molecule has 26 heteroatoms. The average molecular weight is 1350 g/mol. The number of hydrogen-bond donors (Lipinski definition) is 1. The van der Waals surface area contributed by atoms with Gasteiger partial charge in [0, 0.05) is 20.8 Å². The lowest BCUT2D eigenvalue weighted by Gasteiger charge is -2.51. The number of aliphatic hydroxyl groups excluding tert-OH is 1. The third kappa shape index (κ3) is 17.3. The van der Waals surface area contributed by atoms with Crippen LogP contribution in [0.4, 0.5) is 0 Å². The van der Waals surface area contributed by atoms with Gasteiger partial charge in [-0.1, -0.05) is 109 Å². The van der Waals surface area contributed by atoms with Crippen LogP contribution in [0.5, 0.6) is 0 Å².